The predicted octanol–water partition coefficient (Wildman–Crippen LogP) is 2.32. The first-order valence-electron chi connectivity index (χ1n) is 7.92. The average Bonchev–Trinajstić information content (AvgIpc) is 3.16. The number of carbonyl (C=O) groups is 2. The van der Waals surface area contributed by atoms with Gasteiger partial charge >= 0.3 is 12.1 Å². The molecule has 0 aromatic heterocycles. The molecule has 2 aliphatic rings. The molecular formula is C18H21NO4. The van der Waals surface area contributed by atoms with Crippen molar-refractivity contribution in [2.45, 2.75) is 18.9 Å². The molecule has 1 fully saturated rings. The van der Waals surface area contributed by atoms with Crippen molar-refractivity contribution in [2.75, 3.05) is 13.7 Å². The van der Waals surface area contributed by atoms with Gasteiger partial charge in [0.1, 0.15) is 0 Å². The van der Waals surface area contributed by atoms with Crippen LogP contribution in [0, 0.1) is 17.8 Å². The van der Waals surface area contributed by atoms with Gasteiger partial charge in [-0.1, -0.05) is 42.5 Å². The molecular weight excluding hydrogens is 294 g/mol. The summed E-state index contributed by atoms with van der Waals surface area (Å²) in [7, 11) is 1.38. The normalized spacial score (nSPS) is 27.7. The molecule has 122 valence electrons. The lowest BCUT2D eigenvalue weighted by molar-refractivity contribution is -0.147. The summed E-state index contributed by atoms with van der Waals surface area (Å²) in [6, 6.07) is 9.62. The van der Waals surface area contributed by atoms with Gasteiger partial charge < -0.3 is 14.8 Å². The van der Waals surface area contributed by atoms with E-state index >= 15 is 0 Å². The van der Waals surface area contributed by atoms with E-state index in [-0.39, 0.29) is 29.8 Å². The topological polar surface area (TPSA) is 64.6 Å². The Labute approximate surface area is 135 Å². The fraction of sp³-hybridized carbons (Fsp3) is 0.444. The van der Waals surface area contributed by atoms with E-state index in [1.54, 1.807) is 0 Å². The molecule has 1 aromatic rings. The van der Waals surface area contributed by atoms with Crippen LogP contribution in [0.4, 0.5) is 4.79 Å². The summed E-state index contributed by atoms with van der Waals surface area (Å²) >= 11 is 0. The summed E-state index contributed by atoms with van der Waals surface area (Å²) in [6.07, 6.45) is 5.20. The fourth-order valence-electron chi connectivity index (χ4n) is 3.56. The highest BCUT2D eigenvalue weighted by Gasteiger charge is 2.49. The van der Waals surface area contributed by atoms with Crippen molar-refractivity contribution < 1.29 is 19.1 Å². The Bertz CT molecular complexity index is 598. The van der Waals surface area contributed by atoms with Crippen LogP contribution < -0.4 is 5.32 Å². The van der Waals surface area contributed by atoms with Crippen molar-refractivity contribution in [3.63, 3.8) is 0 Å². The van der Waals surface area contributed by atoms with Crippen LogP contribution in [-0.4, -0.2) is 31.8 Å². The van der Waals surface area contributed by atoms with Crippen molar-refractivity contribution in [3.8, 4) is 0 Å². The molecule has 0 unspecified atom stereocenters. The first-order valence-corrected chi connectivity index (χ1v) is 7.92. The van der Waals surface area contributed by atoms with E-state index in [2.05, 4.69) is 11.4 Å². The van der Waals surface area contributed by atoms with Crippen LogP contribution in [-0.2, 0) is 20.7 Å². The van der Waals surface area contributed by atoms with Gasteiger partial charge in [-0.25, -0.2) is 4.79 Å². The molecule has 0 spiro atoms. The molecule has 23 heavy (non-hydrogen) atoms. The van der Waals surface area contributed by atoms with Crippen LogP contribution in [0.15, 0.2) is 42.5 Å². The van der Waals surface area contributed by atoms with Gasteiger partial charge in [0, 0.05) is 6.42 Å². The maximum atomic E-state index is 12.0. The quantitative estimate of drug-likeness (QED) is 0.669. The molecule has 0 heterocycles. The summed E-state index contributed by atoms with van der Waals surface area (Å²) in [5.74, 6) is -0.235. The third-order valence-corrected chi connectivity index (χ3v) is 4.68. The number of alkyl carbamates (subject to hydrolysis) is 1. The lowest BCUT2D eigenvalue weighted by Gasteiger charge is -2.26. The second-order valence-corrected chi connectivity index (χ2v) is 6.04. The van der Waals surface area contributed by atoms with E-state index in [1.165, 1.54) is 7.11 Å². The Kier molecular flexibility index (Phi) is 4.65. The smallest absolute Gasteiger partial charge is 0.407 e. The van der Waals surface area contributed by atoms with Gasteiger partial charge in [-0.15, -0.1) is 0 Å². The number of benzene rings is 1. The van der Waals surface area contributed by atoms with E-state index in [9.17, 15) is 9.59 Å². The highest BCUT2D eigenvalue weighted by atomic mass is 16.5. The molecule has 1 amide bonds. The Morgan fingerprint density at radius 3 is 2.65 bits per heavy atom. The zero-order valence-electron chi connectivity index (χ0n) is 13.1. The number of hydrogen-bond donors (Lipinski definition) is 1. The van der Waals surface area contributed by atoms with Crippen LogP contribution in [0.5, 0.6) is 0 Å². The Morgan fingerprint density at radius 2 is 1.91 bits per heavy atom. The van der Waals surface area contributed by atoms with Crippen LogP contribution in [0.3, 0.4) is 0 Å². The average molecular weight is 315 g/mol. The van der Waals surface area contributed by atoms with Crippen molar-refractivity contribution in [1.29, 1.82) is 0 Å². The minimum atomic E-state index is -0.471. The molecule has 4 atom stereocenters. The molecule has 1 N–H and O–H groups in total. The number of amides is 1. The van der Waals surface area contributed by atoms with Gasteiger partial charge in [0.05, 0.1) is 25.7 Å². The maximum absolute atomic E-state index is 12.0. The predicted molar refractivity (Wildman–Crippen MR) is 84.7 cm³/mol. The molecule has 3 rings (SSSR count). The van der Waals surface area contributed by atoms with Crippen LogP contribution in [0.2, 0.25) is 0 Å². The number of carbonyl (C=O) groups excluding carboxylic acids is 2. The number of fused-ring (bicyclic) bond motifs is 2. The van der Waals surface area contributed by atoms with Crippen molar-refractivity contribution >= 4 is 12.1 Å². The summed E-state index contributed by atoms with van der Waals surface area (Å²) in [6.45, 7) is 0.315. The summed E-state index contributed by atoms with van der Waals surface area (Å²) in [4.78, 5) is 24.0. The molecule has 1 saturated carbocycles. The third kappa shape index (κ3) is 3.38. The van der Waals surface area contributed by atoms with E-state index in [0.29, 0.717) is 13.0 Å². The number of ether oxygens (including phenoxy) is 2. The number of esters is 1. The van der Waals surface area contributed by atoms with Gasteiger partial charge in [-0.05, 0) is 23.8 Å². The first-order chi connectivity index (χ1) is 11.2. The summed E-state index contributed by atoms with van der Waals surface area (Å²) in [5.41, 5.74) is 1.12. The highest BCUT2D eigenvalue weighted by molar-refractivity contribution is 5.77. The Hall–Kier alpha value is -2.30. The third-order valence-electron chi connectivity index (χ3n) is 4.68. The highest BCUT2D eigenvalue weighted by Crippen LogP contribution is 2.44. The standard InChI is InChI=1S/C18H21NO4/c1-22-17(20)15-13-7-8-14(11-13)16(15)19-18(21)23-10-9-12-5-3-2-4-6-12/h2-8,13-16H,9-11H2,1H3,(H,19,21)/t13-,14+,15-,16+/m0/s1. The van der Waals surface area contributed by atoms with Crippen LogP contribution in [0.1, 0.15) is 12.0 Å². The molecule has 0 radical (unpaired) electrons. The zero-order valence-corrected chi connectivity index (χ0v) is 13.1. The zero-order chi connectivity index (χ0) is 16.2. The first kappa shape index (κ1) is 15.6. The maximum Gasteiger partial charge on any atom is 0.407 e. The Morgan fingerprint density at radius 1 is 1.17 bits per heavy atom. The second kappa shape index (κ2) is 6.86. The summed E-state index contributed by atoms with van der Waals surface area (Å²) < 4.78 is 10.1. The minimum absolute atomic E-state index is 0.155. The number of methoxy groups -OCH3 is 1. The van der Waals surface area contributed by atoms with Crippen molar-refractivity contribution in [2.24, 2.45) is 17.8 Å². The molecule has 2 aliphatic carbocycles. The van der Waals surface area contributed by atoms with Gasteiger partial charge in [0.15, 0.2) is 0 Å². The van der Waals surface area contributed by atoms with E-state index in [0.717, 1.165) is 12.0 Å². The molecule has 5 heteroatoms. The van der Waals surface area contributed by atoms with Crippen LogP contribution >= 0.6 is 0 Å². The van der Waals surface area contributed by atoms with Crippen LogP contribution in [0.25, 0.3) is 0 Å². The molecule has 1 aromatic carbocycles. The van der Waals surface area contributed by atoms with Gasteiger partial charge in [-0.2, -0.15) is 0 Å². The largest absolute Gasteiger partial charge is 0.469 e. The SMILES string of the molecule is COC(=O)[C@@H]1[C@H](NC(=O)OCCc2ccccc2)[C@@H]2C=C[C@H]1C2. The lowest BCUT2D eigenvalue weighted by Crippen LogP contribution is -2.46. The lowest BCUT2D eigenvalue weighted by atomic mass is 9.89. The Balaban J connectivity index is 1.51. The van der Waals surface area contributed by atoms with Crippen molar-refractivity contribution in [3.05, 3.63) is 48.0 Å². The minimum Gasteiger partial charge on any atom is -0.469 e. The van der Waals surface area contributed by atoms with E-state index < -0.39 is 6.09 Å². The molecule has 0 aliphatic heterocycles. The monoisotopic (exact) mass is 315 g/mol. The van der Waals surface area contributed by atoms with Gasteiger partial charge in [-0.3, -0.25) is 4.79 Å². The second-order valence-electron chi connectivity index (χ2n) is 6.04. The van der Waals surface area contributed by atoms with Gasteiger partial charge in [0.25, 0.3) is 0 Å². The van der Waals surface area contributed by atoms with Crippen molar-refractivity contribution in [1.82, 2.24) is 5.32 Å². The molecule has 2 bridgehead atoms. The number of nitrogens with one attached hydrogen (secondary N) is 1. The summed E-state index contributed by atoms with van der Waals surface area (Å²) in [5, 5.41) is 2.85. The molecule has 5 nitrogen and oxygen atoms in total. The van der Waals surface area contributed by atoms with E-state index in [1.807, 2.05) is 36.4 Å². The number of rotatable bonds is 5. The number of allylic oxidation sites excluding steroid dienone is 1. The fourth-order valence-corrected chi connectivity index (χ4v) is 3.56. The van der Waals surface area contributed by atoms with Gasteiger partial charge in [0.2, 0.25) is 0 Å². The molecule has 0 saturated heterocycles. The number of hydrogen-bond acceptors (Lipinski definition) is 4. The van der Waals surface area contributed by atoms with E-state index in [4.69, 9.17) is 9.47 Å².